The van der Waals surface area contributed by atoms with Crippen molar-refractivity contribution in [2.75, 3.05) is 25.6 Å². The summed E-state index contributed by atoms with van der Waals surface area (Å²) in [6.07, 6.45) is 6.92. The SMILES string of the molecule is CCOC(=O)c1c(NC(=O)/C=C/c2ccc(OCCC(C)C)c(OC)c2)sc2c1CCC(C)C2. The van der Waals surface area contributed by atoms with E-state index >= 15 is 0 Å². The average molecular weight is 486 g/mol. The number of ether oxygens (including phenoxy) is 3. The Morgan fingerprint density at radius 2 is 2.06 bits per heavy atom. The van der Waals surface area contributed by atoms with Crippen molar-refractivity contribution in [1.29, 1.82) is 0 Å². The molecule has 0 fully saturated rings. The van der Waals surface area contributed by atoms with Crippen LogP contribution in [0.4, 0.5) is 5.00 Å². The Morgan fingerprint density at radius 1 is 1.26 bits per heavy atom. The first-order valence-electron chi connectivity index (χ1n) is 11.9. The van der Waals surface area contributed by atoms with Crippen LogP contribution in [0.25, 0.3) is 6.08 Å². The molecule has 0 radical (unpaired) electrons. The van der Waals surface area contributed by atoms with E-state index in [0.717, 1.165) is 36.8 Å². The molecule has 0 spiro atoms. The number of benzene rings is 1. The van der Waals surface area contributed by atoms with Gasteiger partial charge in [0.2, 0.25) is 5.91 Å². The van der Waals surface area contributed by atoms with E-state index in [1.165, 1.54) is 22.3 Å². The highest BCUT2D eigenvalue weighted by Gasteiger charge is 2.28. The van der Waals surface area contributed by atoms with Crippen LogP contribution in [0, 0.1) is 11.8 Å². The van der Waals surface area contributed by atoms with Crippen LogP contribution in [0.3, 0.4) is 0 Å². The van der Waals surface area contributed by atoms with E-state index in [-0.39, 0.29) is 11.9 Å². The molecule has 1 aliphatic carbocycles. The minimum absolute atomic E-state index is 0.298. The molecule has 34 heavy (non-hydrogen) atoms. The van der Waals surface area contributed by atoms with Crippen molar-refractivity contribution in [3.05, 3.63) is 45.8 Å². The van der Waals surface area contributed by atoms with Crippen LogP contribution < -0.4 is 14.8 Å². The Hall–Kier alpha value is -2.80. The Balaban J connectivity index is 1.73. The van der Waals surface area contributed by atoms with Gasteiger partial charge in [0.15, 0.2) is 11.5 Å². The summed E-state index contributed by atoms with van der Waals surface area (Å²) in [5.41, 5.74) is 2.35. The van der Waals surface area contributed by atoms with Gasteiger partial charge >= 0.3 is 5.97 Å². The third-order valence-corrected chi connectivity index (χ3v) is 6.97. The van der Waals surface area contributed by atoms with Gasteiger partial charge in [-0.3, -0.25) is 4.79 Å². The van der Waals surface area contributed by atoms with Gasteiger partial charge in [-0.15, -0.1) is 11.3 Å². The van der Waals surface area contributed by atoms with Crippen molar-refractivity contribution in [3.8, 4) is 11.5 Å². The summed E-state index contributed by atoms with van der Waals surface area (Å²) < 4.78 is 16.6. The van der Waals surface area contributed by atoms with Crippen LogP contribution in [0.5, 0.6) is 11.5 Å². The molecule has 1 N–H and O–H groups in total. The topological polar surface area (TPSA) is 73.9 Å². The van der Waals surface area contributed by atoms with Gasteiger partial charge in [-0.25, -0.2) is 4.79 Å². The lowest BCUT2D eigenvalue weighted by Gasteiger charge is -2.18. The second kappa shape index (κ2) is 12.1. The summed E-state index contributed by atoms with van der Waals surface area (Å²) >= 11 is 1.48. The van der Waals surface area contributed by atoms with Gasteiger partial charge in [0.25, 0.3) is 0 Å². The maximum absolute atomic E-state index is 12.7. The Bertz CT molecular complexity index is 1040. The number of anilines is 1. The second-order valence-corrected chi connectivity index (χ2v) is 10.1. The molecule has 3 rings (SSSR count). The highest BCUT2D eigenvalue weighted by atomic mass is 32.1. The summed E-state index contributed by atoms with van der Waals surface area (Å²) in [6, 6.07) is 5.57. The predicted molar refractivity (Wildman–Crippen MR) is 137 cm³/mol. The van der Waals surface area contributed by atoms with Crippen LogP contribution >= 0.6 is 11.3 Å². The zero-order chi connectivity index (χ0) is 24.7. The third-order valence-electron chi connectivity index (χ3n) is 5.80. The number of amides is 1. The zero-order valence-corrected chi connectivity index (χ0v) is 21.6. The van der Waals surface area contributed by atoms with Crippen molar-refractivity contribution in [3.63, 3.8) is 0 Å². The third kappa shape index (κ3) is 6.63. The van der Waals surface area contributed by atoms with Gasteiger partial charge in [-0.2, -0.15) is 0 Å². The monoisotopic (exact) mass is 485 g/mol. The lowest BCUT2D eigenvalue weighted by molar-refractivity contribution is -0.111. The van der Waals surface area contributed by atoms with Crippen molar-refractivity contribution in [2.45, 2.75) is 53.4 Å². The zero-order valence-electron chi connectivity index (χ0n) is 20.7. The van der Waals surface area contributed by atoms with Crippen LogP contribution in [0.2, 0.25) is 0 Å². The predicted octanol–water partition coefficient (Wildman–Crippen LogP) is 6.14. The standard InChI is InChI=1S/C27H35NO5S/c1-6-32-27(30)25-20-10-7-18(4)15-23(20)34-26(25)28-24(29)12-9-19-8-11-21(22(16-19)31-5)33-14-13-17(2)3/h8-9,11-12,16-18H,6-7,10,13-15H2,1-5H3,(H,28,29)/b12-9+. The minimum atomic E-state index is -0.369. The molecule has 1 heterocycles. The van der Waals surface area contributed by atoms with E-state index in [4.69, 9.17) is 14.2 Å². The number of nitrogens with one attached hydrogen (secondary N) is 1. The molecule has 1 aromatic heterocycles. The molecule has 184 valence electrons. The first-order chi connectivity index (χ1) is 16.3. The fourth-order valence-electron chi connectivity index (χ4n) is 3.90. The molecule has 0 saturated heterocycles. The number of hydrogen-bond acceptors (Lipinski definition) is 6. The molecular formula is C27H35NO5S. The fourth-order valence-corrected chi connectivity index (χ4v) is 5.30. The average Bonchev–Trinajstić information content (AvgIpc) is 3.14. The lowest BCUT2D eigenvalue weighted by Crippen LogP contribution is -2.15. The van der Waals surface area contributed by atoms with Gasteiger partial charge in [0, 0.05) is 11.0 Å². The van der Waals surface area contributed by atoms with Gasteiger partial charge in [-0.1, -0.05) is 26.8 Å². The number of methoxy groups -OCH3 is 1. The van der Waals surface area contributed by atoms with Crippen molar-refractivity contribution in [1.82, 2.24) is 0 Å². The van der Waals surface area contributed by atoms with E-state index in [1.807, 2.05) is 18.2 Å². The molecular weight excluding hydrogens is 450 g/mol. The number of hydrogen-bond donors (Lipinski definition) is 1. The van der Waals surface area contributed by atoms with Crippen LogP contribution in [-0.4, -0.2) is 32.2 Å². The molecule has 1 atom stereocenters. The van der Waals surface area contributed by atoms with Crippen LogP contribution in [0.1, 0.15) is 66.9 Å². The summed E-state index contributed by atoms with van der Waals surface area (Å²) in [5, 5.41) is 3.47. The quantitative estimate of drug-likeness (QED) is 0.323. The maximum Gasteiger partial charge on any atom is 0.341 e. The molecule has 1 aliphatic rings. The largest absolute Gasteiger partial charge is 0.493 e. The molecule has 0 saturated carbocycles. The first kappa shape index (κ1) is 25.8. The molecule has 2 aromatic rings. The van der Waals surface area contributed by atoms with Crippen LogP contribution in [0.15, 0.2) is 24.3 Å². The highest BCUT2D eigenvalue weighted by molar-refractivity contribution is 7.17. The van der Waals surface area contributed by atoms with Gasteiger partial charge in [-0.05, 0) is 73.8 Å². The number of thiophene rings is 1. The molecule has 0 aliphatic heterocycles. The smallest absolute Gasteiger partial charge is 0.341 e. The van der Waals surface area contributed by atoms with E-state index < -0.39 is 0 Å². The number of rotatable bonds is 10. The normalized spacial score (nSPS) is 15.3. The molecule has 0 bridgehead atoms. The Kier molecular flexibility index (Phi) is 9.16. The summed E-state index contributed by atoms with van der Waals surface area (Å²) in [4.78, 5) is 26.5. The second-order valence-electron chi connectivity index (χ2n) is 9.04. The Morgan fingerprint density at radius 3 is 2.76 bits per heavy atom. The minimum Gasteiger partial charge on any atom is -0.493 e. The lowest BCUT2D eigenvalue weighted by atomic mass is 9.88. The van der Waals surface area contributed by atoms with Crippen LogP contribution in [-0.2, 0) is 22.4 Å². The molecule has 1 aromatic carbocycles. The van der Waals surface area contributed by atoms with E-state index in [0.29, 0.717) is 47.1 Å². The molecule has 1 unspecified atom stereocenters. The molecule has 1 amide bonds. The number of carbonyl (C=O) groups is 2. The number of carbonyl (C=O) groups excluding carboxylic acids is 2. The maximum atomic E-state index is 12.7. The van der Waals surface area contributed by atoms with Crippen molar-refractivity contribution >= 4 is 34.3 Å². The summed E-state index contributed by atoms with van der Waals surface area (Å²) in [7, 11) is 1.60. The highest BCUT2D eigenvalue weighted by Crippen LogP contribution is 2.40. The number of fused-ring (bicyclic) bond motifs is 1. The van der Waals surface area contributed by atoms with E-state index in [2.05, 4.69) is 26.1 Å². The van der Waals surface area contributed by atoms with Gasteiger partial charge in [0.1, 0.15) is 5.00 Å². The Labute approximate surface area is 206 Å². The van der Waals surface area contributed by atoms with Gasteiger partial charge in [0.05, 0.1) is 25.9 Å². The first-order valence-corrected chi connectivity index (χ1v) is 12.8. The van der Waals surface area contributed by atoms with Gasteiger partial charge < -0.3 is 19.5 Å². The molecule has 7 heteroatoms. The van der Waals surface area contributed by atoms with Crippen molar-refractivity contribution in [2.24, 2.45) is 11.8 Å². The van der Waals surface area contributed by atoms with E-state index in [1.54, 1.807) is 20.1 Å². The summed E-state index contributed by atoms with van der Waals surface area (Å²) in [5.74, 6) is 1.77. The fraction of sp³-hybridized carbons (Fsp3) is 0.481. The summed E-state index contributed by atoms with van der Waals surface area (Å²) in [6.45, 7) is 9.23. The molecule has 6 nitrogen and oxygen atoms in total. The van der Waals surface area contributed by atoms with E-state index in [9.17, 15) is 9.59 Å². The van der Waals surface area contributed by atoms with Crippen molar-refractivity contribution < 1.29 is 23.8 Å². The number of esters is 1.